The maximum Gasteiger partial charge on any atom is 0.244 e. The molecule has 0 amide bonds. The average Bonchev–Trinajstić information content (AvgIpc) is 2.45. The zero-order valence-corrected chi connectivity index (χ0v) is 14.1. The molecule has 112 valence electrons. The summed E-state index contributed by atoms with van der Waals surface area (Å²) in [6.07, 6.45) is 2.58. The van der Waals surface area contributed by atoms with E-state index in [-0.39, 0.29) is 6.04 Å². The number of piperidine rings is 1. The second-order valence-electron chi connectivity index (χ2n) is 5.03. The normalized spacial score (nSPS) is 17.6. The molecule has 1 N–H and O–H groups in total. The van der Waals surface area contributed by atoms with Crippen molar-refractivity contribution in [2.75, 3.05) is 19.6 Å². The summed E-state index contributed by atoms with van der Waals surface area (Å²) in [5, 5.41) is 3.28. The molecule has 6 heteroatoms. The van der Waals surface area contributed by atoms with E-state index in [0.29, 0.717) is 15.9 Å². The molecule has 0 radical (unpaired) electrons. The minimum Gasteiger partial charge on any atom is -0.317 e. The highest BCUT2D eigenvalue weighted by molar-refractivity contribution is 9.10. The molecule has 1 saturated heterocycles. The highest BCUT2D eigenvalue weighted by atomic mass is 79.9. The lowest BCUT2D eigenvalue weighted by molar-refractivity contribution is 0.262. The van der Waals surface area contributed by atoms with E-state index >= 15 is 0 Å². The quantitative estimate of drug-likeness (QED) is 0.877. The Kier molecular flexibility index (Phi) is 5.60. The summed E-state index contributed by atoms with van der Waals surface area (Å²) in [6.45, 7) is 4.37. The predicted octanol–water partition coefficient (Wildman–Crippen LogP) is 2.60. The van der Waals surface area contributed by atoms with E-state index in [1.165, 1.54) is 0 Å². The molecule has 0 aromatic heterocycles. The number of sulfonamides is 1. The van der Waals surface area contributed by atoms with Gasteiger partial charge in [-0.3, -0.25) is 0 Å². The Morgan fingerprint density at radius 3 is 2.55 bits per heavy atom. The van der Waals surface area contributed by atoms with Crippen LogP contribution in [-0.4, -0.2) is 38.4 Å². The summed E-state index contributed by atoms with van der Waals surface area (Å²) < 4.78 is 28.2. The van der Waals surface area contributed by atoms with Crippen molar-refractivity contribution in [3.05, 3.63) is 28.7 Å². The van der Waals surface area contributed by atoms with E-state index in [1.807, 2.05) is 13.0 Å². The Labute approximate surface area is 129 Å². The number of hydrogen-bond donors (Lipinski definition) is 1. The van der Waals surface area contributed by atoms with Crippen molar-refractivity contribution in [2.45, 2.75) is 37.1 Å². The van der Waals surface area contributed by atoms with Crippen LogP contribution in [0.5, 0.6) is 0 Å². The Balaban J connectivity index is 2.34. The van der Waals surface area contributed by atoms with Gasteiger partial charge in [0.15, 0.2) is 0 Å². The Hall–Kier alpha value is -0.430. The highest BCUT2D eigenvalue weighted by Gasteiger charge is 2.32. The Bertz CT molecular complexity index is 542. The molecule has 1 aliphatic heterocycles. The van der Waals surface area contributed by atoms with Gasteiger partial charge in [0.1, 0.15) is 0 Å². The molecular formula is C14H21BrN2O2S. The molecule has 1 heterocycles. The fourth-order valence-corrected chi connectivity index (χ4v) is 5.34. The lowest BCUT2D eigenvalue weighted by Crippen LogP contribution is -2.46. The van der Waals surface area contributed by atoms with Gasteiger partial charge in [-0.1, -0.05) is 19.1 Å². The lowest BCUT2D eigenvalue weighted by Gasteiger charge is -2.33. The molecular weight excluding hydrogens is 340 g/mol. The van der Waals surface area contributed by atoms with Gasteiger partial charge in [-0.2, -0.15) is 4.31 Å². The molecule has 4 nitrogen and oxygen atoms in total. The van der Waals surface area contributed by atoms with Crippen LogP contribution in [0.1, 0.15) is 26.2 Å². The van der Waals surface area contributed by atoms with Gasteiger partial charge in [-0.15, -0.1) is 0 Å². The molecule has 0 saturated carbocycles. The summed E-state index contributed by atoms with van der Waals surface area (Å²) in [5.74, 6) is 0. The van der Waals surface area contributed by atoms with E-state index in [1.54, 1.807) is 22.5 Å². The van der Waals surface area contributed by atoms with Gasteiger partial charge in [-0.05, 0) is 60.4 Å². The van der Waals surface area contributed by atoms with Crippen LogP contribution in [-0.2, 0) is 10.0 Å². The van der Waals surface area contributed by atoms with E-state index in [2.05, 4.69) is 21.2 Å². The molecule has 1 aromatic carbocycles. The third kappa shape index (κ3) is 3.42. The van der Waals surface area contributed by atoms with Crippen LogP contribution >= 0.6 is 15.9 Å². The van der Waals surface area contributed by atoms with E-state index in [9.17, 15) is 8.42 Å². The predicted molar refractivity (Wildman–Crippen MR) is 84.2 cm³/mol. The summed E-state index contributed by atoms with van der Waals surface area (Å²) >= 11 is 3.36. The second kappa shape index (κ2) is 7.02. The first-order valence-electron chi connectivity index (χ1n) is 7.04. The summed E-state index contributed by atoms with van der Waals surface area (Å²) in [7, 11) is -3.43. The van der Waals surface area contributed by atoms with Crippen molar-refractivity contribution in [1.82, 2.24) is 9.62 Å². The van der Waals surface area contributed by atoms with Gasteiger partial charge < -0.3 is 5.32 Å². The first kappa shape index (κ1) is 15.9. The van der Waals surface area contributed by atoms with Crippen LogP contribution in [0.4, 0.5) is 0 Å². The zero-order valence-electron chi connectivity index (χ0n) is 11.7. The lowest BCUT2D eigenvalue weighted by atomic mass is 10.1. The fraction of sp³-hybridized carbons (Fsp3) is 0.571. The van der Waals surface area contributed by atoms with Crippen LogP contribution in [0, 0.1) is 0 Å². The topological polar surface area (TPSA) is 49.4 Å². The van der Waals surface area contributed by atoms with E-state index < -0.39 is 10.0 Å². The first-order chi connectivity index (χ1) is 9.57. The zero-order chi connectivity index (χ0) is 14.6. The van der Waals surface area contributed by atoms with Crippen LogP contribution in [0.25, 0.3) is 0 Å². The molecule has 1 fully saturated rings. The van der Waals surface area contributed by atoms with Crippen LogP contribution in [0.15, 0.2) is 33.6 Å². The number of hydrogen-bond acceptors (Lipinski definition) is 3. The molecule has 0 spiro atoms. The van der Waals surface area contributed by atoms with E-state index in [0.717, 1.165) is 32.4 Å². The Morgan fingerprint density at radius 2 is 1.95 bits per heavy atom. The fourth-order valence-electron chi connectivity index (χ4n) is 2.59. The minimum absolute atomic E-state index is 0.105. The van der Waals surface area contributed by atoms with Crippen molar-refractivity contribution in [3.8, 4) is 0 Å². The molecule has 0 aliphatic carbocycles. The van der Waals surface area contributed by atoms with Crippen molar-refractivity contribution in [2.24, 2.45) is 0 Å². The first-order valence-corrected chi connectivity index (χ1v) is 9.27. The molecule has 20 heavy (non-hydrogen) atoms. The van der Waals surface area contributed by atoms with Crippen molar-refractivity contribution < 1.29 is 8.42 Å². The van der Waals surface area contributed by atoms with Crippen molar-refractivity contribution in [3.63, 3.8) is 0 Å². The van der Waals surface area contributed by atoms with Gasteiger partial charge >= 0.3 is 0 Å². The van der Waals surface area contributed by atoms with Gasteiger partial charge in [-0.25, -0.2) is 8.42 Å². The van der Waals surface area contributed by atoms with Crippen molar-refractivity contribution >= 4 is 26.0 Å². The van der Waals surface area contributed by atoms with Crippen molar-refractivity contribution in [1.29, 1.82) is 0 Å². The number of rotatable bonds is 5. The van der Waals surface area contributed by atoms with Gasteiger partial charge in [0.05, 0.1) is 4.90 Å². The largest absolute Gasteiger partial charge is 0.317 e. The number of nitrogens with one attached hydrogen (secondary N) is 1. The maximum atomic E-state index is 12.9. The van der Waals surface area contributed by atoms with Crippen LogP contribution < -0.4 is 5.32 Å². The van der Waals surface area contributed by atoms with Gasteiger partial charge in [0, 0.05) is 17.1 Å². The summed E-state index contributed by atoms with van der Waals surface area (Å²) in [6, 6.07) is 7.15. The smallest absolute Gasteiger partial charge is 0.244 e. The number of nitrogens with zero attached hydrogens (tertiary/aromatic N) is 1. The molecule has 1 aliphatic rings. The third-order valence-electron chi connectivity index (χ3n) is 3.58. The summed E-state index contributed by atoms with van der Waals surface area (Å²) in [5.41, 5.74) is 0. The summed E-state index contributed by atoms with van der Waals surface area (Å²) in [4.78, 5) is 0.368. The SMILES string of the molecule is CCCN(C1CCNCC1)S(=O)(=O)c1ccccc1Br. The maximum absolute atomic E-state index is 12.9. The minimum atomic E-state index is -3.43. The molecule has 1 aromatic rings. The number of halogens is 1. The van der Waals surface area contributed by atoms with E-state index in [4.69, 9.17) is 0 Å². The second-order valence-corrected chi connectivity index (χ2v) is 7.74. The highest BCUT2D eigenvalue weighted by Crippen LogP contribution is 2.28. The molecule has 0 bridgehead atoms. The van der Waals surface area contributed by atoms with Crippen LogP contribution in [0.2, 0.25) is 0 Å². The van der Waals surface area contributed by atoms with Gasteiger partial charge in [0.25, 0.3) is 0 Å². The monoisotopic (exact) mass is 360 g/mol. The Morgan fingerprint density at radius 1 is 1.30 bits per heavy atom. The molecule has 0 unspecified atom stereocenters. The average molecular weight is 361 g/mol. The molecule has 2 rings (SSSR count). The standard InChI is InChI=1S/C14H21BrN2O2S/c1-2-11-17(12-7-9-16-10-8-12)20(18,19)14-6-4-3-5-13(14)15/h3-6,12,16H,2,7-11H2,1H3. The molecule has 0 atom stereocenters. The van der Waals surface area contributed by atoms with Crippen LogP contribution in [0.3, 0.4) is 0 Å². The van der Waals surface area contributed by atoms with Gasteiger partial charge in [0.2, 0.25) is 10.0 Å². The number of benzene rings is 1. The third-order valence-corrected chi connectivity index (χ3v) is 6.55.